The van der Waals surface area contributed by atoms with Gasteiger partial charge in [-0.1, -0.05) is 36.4 Å². The van der Waals surface area contributed by atoms with Crippen molar-refractivity contribution in [3.8, 4) is 34.1 Å². The number of hydrogen-bond donors (Lipinski definition) is 2. The quantitative estimate of drug-likeness (QED) is 0.332. The number of halogens is 1. The Balaban J connectivity index is 1.24. The van der Waals surface area contributed by atoms with E-state index in [-0.39, 0.29) is 28.5 Å². The van der Waals surface area contributed by atoms with Crippen molar-refractivity contribution >= 4 is 16.7 Å². The molecule has 4 aliphatic rings. The van der Waals surface area contributed by atoms with Gasteiger partial charge in [-0.15, -0.1) is 0 Å². The topological polar surface area (TPSA) is 86.6 Å². The molecule has 8 nitrogen and oxygen atoms in total. The zero-order chi connectivity index (χ0) is 28.3. The Labute approximate surface area is 244 Å². The van der Waals surface area contributed by atoms with Gasteiger partial charge in [-0.3, -0.25) is 9.88 Å². The normalized spacial score (nSPS) is 23.0. The molecule has 0 aliphatic carbocycles. The minimum absolute atomic E-state index is 0.0285. The average Bonchev–Trinajstić information content (AvgIpc) is 3.70. The molecular formula is C33H35FN6O2. The van der Waals surface area contributed by atoms with Crippen molar-refractivity contribution in [2.75, 3.05) is 37.7 Å². The van der Waals surface area contributed by atoms with Crippen LogP contribution in [0.5, 0.6) is 11.8 Å². The van der Waals surface area contributed by atoms with E-state index in [0.29, 0.717) is 35.5 Å². The van der Waals surface area contributed by atoms with E-state index < -0.39 is 5.82 Å². The van der Waals surface area contributed by atoms with Crippen LogP contribution in [0.15, 0.2) is 54.7 Å². The van der Waals surface area contributed by atoms with E-state index in [9.17, 15) is 5.11 Å². The summed E-state index contributed by atoms with van der Waals surface area (Å²) in [6.45, 7) is 4.32. The first-order valence-corrected chi connectivity index (χ1v) is 15.2. The Morgan fingerprint density at radius 3 is 2.50 bits per heavy atom. The lowest BCUT2D eigenvalue weighted by molar-refractivity contribution is 0.108. The molecule has 6 heterocycles. The molecule has 4 fully saturated rings. The van der Waals surface area contributed by atoms with Gasteiger partial charge in [0, 0.05) is 36.9 Å². The molecule has 8 rings (SSSR count). The summed E-state index contributed by atoms with van der Waals surface area (Å²) in [6, 6.07) is 15.7. The SMILES string of the molecule is Oc1ccc(-c2ccccc2)c(-c2ncc3c(N4CC5CCC(C4)N5)nc(OCC45CCCN4CCC5)nc3c2F)c1. The largest absolute Gasteiger partial charge is 0.508 e. The Hall–Kier alpha value is -3.82. The fourth-order valence-corrected chi connectivity index (χ4v) is 7.74. The zero-order valence-electron chi connectivity index (χ0n) is 23.6. The van der Waals surface area contributed by atoms with Crippen LogP contribution in [0.4, 0.5) is 10.2 Å². The van der Waals surface area contributed by atoms with Crippen molar-refractivity contribution in [1.82, 2.24) is 25.2 Å². The second kappa shape index (κ2) is 10.2. The fraction of sp³-hybridized carbons (Fsp3) is 0.424. The number of anilines is 1. The maximum Gasteiger partial charge on any atom is 0.319 e. The molecule has 2 unspecified atom stereocenters. The number of pyridine rings is 1. The Morgan fingerprint density at radius 1 is 0.976 bits per heavy atom. The molecule has 0 spiro atoms. The Kier molecular flexibility index (Phi) is 6.26. The standard InChI is InChI=1S/C33H35FN6O2/c34-28-29(26-16-24(41)10-11-25(26)21-6-2-1-3-7-21)35-17-27-30(28)37-32(42-20-33-12-4-14-40(33)15-5-13-33)38-31(27)39-18-22-8-9-23(19-39)36-22/h1-3,6-7,10-11,16-17,22-23,36,41H,4-5,8-9,12-15,18-20H2. The minimum atomic E-state index is -0.539. The maximum absolute atomic E-state index is 16.7. The highest BCUT2D eigenvalue weighted by molar-refractivity contribution is 5.94. The predicted molar refractivity (Wildman–Crippen MR) is 160 cm³/mol. The van der Waals surface area contributed by atoms with Crippen LogP contribution in [0.25, 0.3) is 33.3 Å². The van der Waals surface area contributed by atoms with Gasteiger partial charge in [-0.05, 0) is 74.9 Å². The molecule has 2 atom stereocenters. The van der Waals surface area contributed by atoms with Gasteiger partial charge in [0.15, 0.2) is 5.82 Å². The monoisotopic (exact) mass is 566 g/mol. The second-order valence-electron chi connectivity index (χ2n) is 12.4. The summed E-state index contributed by atoms with van der Waals surface area (Å²) in [5.41, 5.74) is 2.57. The van der Waals surface area contributed by atoms with Crippen LogP contribution in [0.1, 0.15) is 38.5 Å². The third-order valence-electron chi connectivity index (χ3n) is 9.78. The first kappa shape index (κ1) is 25.9. The molecule has 4 aliphatic heterocycles. The van der Waals surface area contributed by atoms with E-state index in [2.05, 4.69) is 20.1 Å². The third kappa shape index (κ3) is 4.37. The number of rotatable bonds is 6. The molecular weight excluding hydrogens is 531 g/mol. The molecule has 0 radical (unpaired) electrons. The smallest absolute Gasteiger partial charge is 0.319 e. The van der Waals surface area contributed by atoms with E-state index in [1.807, 2.05) is 30.3 Å². The van der Waals surface area contributed by atoms with E-state index in [0.717, 1.165) is 63.0 Å². The number of piperazine rings is 1. The number of nitrogens with zero attached hydrogens (tertiary/aromatic N) is 5. The molecule has 2 N–H and O–H groups in total. The summed E-state index contributed by atoms with van der Waals surface area (Å²) in [7, 11) is 0. The number of nitrogens with one attached hydrogen (secondary N) is 1. The van der Waals surface area contributed by atoms with Gasteiger partial charge in [-0.2, -0.15) is 9.97 Å². The third-order valence-corrected chi connectivity index (χ3v) is 9.78. The van der Waals surface area contributed by atoms with Gasteiger partial charge in [-0.25, -0.2) is 4.39 Å². The first-order chi connectivity index (χ1) is 20.6. The highest BCUT2D eigenvalue weighted by atomic mass is 19.1. The van der Waals surface area contributed by atoms with Gasteiger partial charge in [0.1, 0.15) is 29.4 Å². The van der Waals surface area contributed by atoms with Crippen LogP contribution >= 0.6 is 0 Å². The Bertz CT molecular complexity index is 1630. The van der Waals surface area contributed by atoms with Gasteiger partial charge in [0.05, 0.1) is 10.9 Å². The lowest BCUT2D eigenvalue weighted by Crippen LogP contribution is -2.51. The van der Waals surface area contributed by atoms with Crippen LogP contribution in [0.3, 0.4) is 0 Å². The molecule has 2 bridgehead atoms. The second-order valence-corrected chi connectivity index (χ2v) is 12.4. The molecule has 9 heteroatoms. The van der Waals surface area contributed by atoms with E-state index in [4.69, 9.17) is 14.7 Å². The molecule has 2 aromatic carbocycles. The van der Waals surface area contributed by atoms with E-state index >= 15 is 4.39 Å². The van der Waals surface area contributed by atoms with Gasteiger partial charge < -0.3 is 20.1 Å². The number of phenols is 1. The van der Waals surface area contributed by atoms with Gasteiger partial charge >= 0.3 is 6.01 Å². The molecule has 4 saturated heterocycles. The van der Waals surface area contributed by atoms with E-state index in [1.165, 1.54) is 12.8 Å². The number of phenolic OH excluding ortho intramolecular Hbond substituents is 1. The summed E-state index contributed by atoms with van der Waals surface area (Å²) < 4.78 is 23.1. The van der Waals surface area contributed by atoms with Crippen molar-refractivity contribution in [3.63, 3.8) is 0 Å². The zero-order valence-corrected chi connectivity index (χ0v) is 23.6. The number of aromatic nitrogens is 3. The fourth-order valence-electron chi connectivity index (χ4n) is 7.74. The molecule has 216 valence electrons. The number of hydrogen-bond acceptors (Lipinski definition) is 8. The van der Waals surface area contributed by atoms with Crippen LogP contribution in [-0.2, 0) is 0 Å². The lowest BCUT2D eigenvalue weighted by atomic mass is 9.95. The first-order valence-electron chi connectivity index (χ1n) is 15.2. The lowest BCUT2D eigenvalue weighted by Gasteiger charge is -2.34. The average molecular weight is 567 g/mol. The highest BCUT2D eigenvalue weighted by Gasteiger charge is 2.45. The number of fused-ring (bicyclic) bond motifs is 4. The van der Waals surface area contributed by atoms with Crippen LogP contribution in [0, 0.1) is 5.82 Å². The van der Waals surface area contributed by atoms with Crippen molar-refractivity contribution in [2.45, 2.75) is 56.1 Å². The number of ether oxygens (including phenoxy) is 1. The van der Waals surface area contributed by atoms with Crippen molar-refractivity contribution in [3.05, 3.63) is 60.5 Å². The summed E-state index contributed by atoms with van der Waals surface area (Å²) in [4.78, 5) is 19.0. The van der Waals surface area contributed by atoms with Crippen LogP contribution < -0.4 is 15.0 Å². The van der Waals surface area contributed by atoms with Gasteiger partial charge in [0.2, 0.25) is 0 Å². The maximum atomic E-state index is 16.7. The predicted octanol–water partition coefficient (Wildman–Crippen LogP) is 5.15. The molecule has 0 amide bonds. The summed E-state index contributed by atoms with van der Waals surface area (Å²) in [5, 5.41) is 14.6. The van der Waals surface area contributed by atoms with Crippen molar-refractivity contribution in [1.29, 1.82) is 0 Å². The molecule has 2 aromatic heterocycles. The summed E-state index contributed by atoms with van der Waals surface area (Å²) >= 11 is 0. The number of benzene rings is 2. The van der Waals surface area contributed by atoms with Crippen LogP contribution in [0.2, 0.25) is 0 Å². The van der Waals surface area contributed by atoms with E-state index in [1.54, 1.807) is 24.4 Å². The summed E-state index contributed by atoms with van der Waals surface area (Å²) in [5.74, 6) is 0.188. The highest BCUT2D eigenvalue weighted by Crippen LogP contribution is 2.41. The Morgan fingerprint density at radius 2 is 1.74 bits per heavy atom. The molecule has 4 aromatic rings. The van der Waals surface area contributed by atoms with Crippen molar-refractivity contribution in [2.24, 2.45) is 0 Å². The summed E-state index contributed by atoms with van der Waals surface area (Å²) in [6.07, 6.45) is 8.50. The molecule has 42 heavy (non-hydrogen) atoms. The van der Waals surface area contributed by atoms with Crippen molar-refractivity contribution < 1.29 is 14.2 Å². The van der Waals surface area contributed by atoms with Gasteiger partial charge in [0.25, 0.3) is 0 Å². The number of aromatic hydroxyl groups is 1. The van der Waals surface area contributed by atoms with Crippen LogP contribution in [-0.4, -0.2) is 75.4 Å². The molecule has 0 saturated carbocycles. The minimum Gasteiger partial charge on any atom is -0.508 e.